The van der Waals surface area contributed by atoms with Gasteiger partial charge in [0, 0.05) is 5.54 Å². The lowest BCUT2D eigenvalue weighted by Gasteiger charge is -2.18. The van der Waals surface area contributed by atoms with Gasteiger partial charge in [-0.15, -0.1) is 0 Å². The lowest BCUT2D eigenvalue weighted by molar-refractivity contribution is 0.412. The number of rotatable bonds is 5. The maximum Gasteiger partial charge on any atom is 0.156 e. The minimum atomic E-state index is -3.22. The molecule has 6 heteroatoms. The van der Waals surface area contributed by atoms with E-state index >= 15 is 0 Å². The largest absolute Gasteiger partial charge is 0.496 e. The first-order valence-corrected chi connectivity index (χ1v) is 8.06. The second-order valence-corrected chi connectivity index (χ2v) is 7.91. The van der Waals surface area contributed by atoms with E-state index in [4.69, 9.17) is 10.5 Å². The van der Waals surface area contributed by atoms with Crippen LogP contribution < -0.4 is 10.5 Å². The van der Waals surface area contributed by atoms with Gasteiger partial charge in [0.15, 0.2) is 9.84 Å². The smallest absolute Gasteiger partial charge is 0.156 e. The molecule has 0 atom stereocenters. The predicted molar refractivity (Wildman–Crippen MR) is 76.5 cm³/mol. The van der Waals surface area contributed by atoms with Crippen LogP contribution >= 0.6 is 15.9 Å². The van der Waals surface area contributed by atoms with Gasteiger partial charge in [-0.1, -0.05) is 6.07 Å². The summed E-state index contributed by atoms with van der Waals surface area (Å²) in [5.41, 5.74) is 5.74. The molecule has 0 aromatic heterocycles. The molecule has 0 unspecified atom stereocenters. The zero-order valence-electron chi connectivity index (χ0n) is 10.7. The standard InChI is InChI=1S/C12H18BrNO3S/c1-12(2,14)8-18(15,16)7-9-4-5-11(17-3)10(13)6-9/h4-6H,7-8,14H2,1-3H3. The predicted octanol–water partition coefficient (Wildman–Crippen LogP) is 2.11. The van der Waals surface area contributed by atoms with Gasteiger partial charge in [-0.05, 0) is 47.5 Å². The molecule has 2 N–H and O–H groups in total. The first kappa shape index (κ1) is 15.5. The molecule has 0 heterocycles. The van der Waals surface area contributed by atoms with Crippen LogP contribution in [0.2, 0.25) is 0 Å². The van der Waals surface area contributed by atoms with Crippen molar-refractivity contribution in [2.24, 2.45) is 5.73 Å². The van der Waals surface area contributed by atoms with Gasteiger partial charge >= 0.3 is 0 Å². The summed E-state index contributed by atoms with van der Waals surface area (Å²) >= 11 is 3.33. The number of ether oxygens (including phenoxy) is 1. The molecule has 18 heavy (non-hydrogen) atoms. The van der Waals surface area contributed by atoms with Crippen LogP contribution in [-0.2, 0) is 15.6 Å². The van der Waals surface area contributed by atoms with Crippen LogP contribution in [0.4, 0.5) is 0 Å². The molecule has 102 valence electrons. The number of halogens is 1. The van der Waals surface area contributed by atoms with Gasteiger partial charge in [-0.25, -0.2) is 8.42 Å². The van der Waals surface area contributed by atoms with Crippen molar-refractivity contribution < 1.29 is 13.2 Å². The topological polar surface area (TPSA) is 69.4 Å². The first-order chi connectivity index (χ1) is 8.13. The van der Waals surface area contributed by atoms with Crippen LogP contribution in [0.3, 0.4) is 0 Å². The molecule has 0 saturated heterocycles. The van der Waals surface area contributed by atoms with Crippen LogP contribution in [-0.4, -0.2) is 26.8 Å². The Morgan fingerprint density at radius 1 is 1.39 bits per heavy atom. The molecule has 0 aliphatic carbocycles. The highest BCUT2D eigenvalue weighted by atomic mass is 79.9. The van der Waals surface area contributed by atoms with Gasteiger partial charge in [-0.2, -0.15) is 0 Å². The Hall–Kier alpha value is -0.590. The van der Waals surface area contributed by atoms with Crippen LogP contribution in [0.15, 0.2) is 22.7 Å². The molecule has 0 spiro atoms. The van der Waals surface area contributed by atoms with Gasteiger partial charge < -0.3 is 10.5 Å². The fourth-order valence-electron chi connectivity index (χ4n) is 1.67. The normalized spacial score (nSPS) is 12.5. The summed E-state index contributed by atoms with van der Waals surface area (Å²) in [5.74, 6) is 0.621. The van der Waals surface area contributed by atoms with E-state index < -0.39 is 15.4 Å². The lowest BCUT2D eigenvalue weighted by Crippen LogP contribution is -2.40. The number of methoxy groups -OCH3 is 1. The SMILES string of the molecule is COc1ccc(CS(=O)(=O)CC(C)(C)N)cc1Br. The Balaban J connectivity index is 2.88. The molecule has 0 bridgehead atoms. The van der Waals surface area contributed by atoms with E-state index in [-0.39, 0.29) is 11.5 Å². The van der Waals surface area contributed by atoms with Crippen molar-refractivity contribution in [3.63, 3.8) is 0 Å². The van der Waals surface area contributed by atoms with E-state index in [1.807, 2.05) is 0 Å². The van der Waals surface area contributed by atoms with Gasteiger partial charge in [0.2, 0.25) is 0 Å². The molecular weight excluding hydrogens is 318 g/mol. The molecule has 0 amide bonds. The van der Waals surface area contributed by atoms with Crippen LogP contribution in [0.1, 0.15) is 19.4 Å². The monoisotopic (exact) mass is 335 g/mol. The van der Waals surface area contributed by atoms with E-state index in [9.17, 15) is 8.42 Å². The minimum absolute atomic E-state index is 0.0176. The van der Waals surface area contributed by atoms with Crippen molar-refractivity contribution >= 4 is 25.8 Å². The summed E-state index contributed by atoms with van der Waals surface area (Å²) in [6, 6.07) is 5.23. The number of benzene rings is 1. The Labute approximate surface area is 117 Å². The summed E-state index contributed by atoms with van der Waals surface area (Å²) in [7, 11) is -1.65. The van der Waals surface area contributed by atoms with Crippen LogP contribution in [0.25, 0.3) is 0 Å². The second-order valence-electron chi connectivity index (χ2n) is 4.99. The molecule has 4 nitrogen and oxygen atoms in total. The molecule has 1 rings (SSSR count). The highest BCUT2D eigenvalue weighted by molar-refractivity contribution is 9.10. The maximum atomic E-state index is 12.0. The summed E-state index contributed by atoms with van der Waals surface area (Å²) in [4.78, 5) is 0. The summed E-state index contributed by atoms with van der Waals surface area (Å²) in [6.45, 7) is 3.41. The maximum absolute atomic E-state index is 12.0. The molecule has 1 aromatic rings. The van der Waals surface area contributed by atoms with E-state index in [1.54, 1.807) is 39.2 Å². The molecule has 0 aliphatic heterocycles. The van der Waals surface area contributed by atoms with Crippen molar-refractivity contribution in [1.29, 1.82) is 0 Å². The lowest BCUT2D eigenvalue weighted by atomic mass is 10.1. The van der Waals surface area contributed by atoms with Crippen LogP contribution in [0.5, 0.6) is 5.75 Å². The molecule has 0 radical (unpaired) electrons. The summed E-state index contributed by atoms with van der Waals surface area (Å²) in [5, 5.41) is 0. The quantitative estimate of drug-likeness (QED) is 0.894. The van der Waals surface area contributed by atoms with Crippen molar-refractivity contribution in [2.75, 3.05) is 12.9 Å². The zero-order chi connectivity index (χ0) is 14.0. The Morgan fingerprint density at radius 2 is 2.00 bits per heavy atom. The van der Waals surface area contributed by atoms with Crippen LogP contribution in [0, 0.1) is 0 Å². The van der Waals surface area contributed by atoms with Crippen molar-refractivity contribution in [3.05, 3.63) is 28.2 Å². The van der Waals surface area contributed by atoms with Gasteiger partial charge in [0.1, 0.15) is 5.75 Å². The molecule has 0 aliphatic rings. The van der Waals surface area contributed by atoms with Crippen molar-refractivity contribution in [3.8, 4) is 5.75 Å². The summed E-state index contributed by atoms with van der Waals surface area (Å²) < 4.78 is 29.7. The average molecular weight is 336 g/mol. The molecule has 1 aromatic carbocycles. The third kappa shape index (κ3) is 4.96. The molecule has 0 fully saturated rings. The van der Waals surface area contributed by atoms with Gasteiger partial charge in [0.25, 0.3) is 0 Å². The fourth-order valence-corrected chi connectivity index (χ4v) is 4.18. The van der Waals surface area contributed by atoms with E-state index in [1.165, 1.54) is 0 Å². The first-order valence-electron chi connectivity index (χ1n) is 5.45. The Kier molecular flexibility index (Phi) is 4.80. The Bertz CT molecular complexity index is 521. The van der Waals surface area contributed by atoms with E-state index in [2.05, 4.69) is 15.9 Å². The van der Waals surface area contributed by atoms with E-state index in [0.29, 0.717) is 11.3 Å². The highest BCUT2D eigenvalue weighted by Crippen LogP contribution is 2.26. The fraction of sp³-hybridized carbons (Fsp3) is 0.500. The van der Waals surface area contributed by atoms with E-state index in [0.717, 1.165) is 4.47 Å². The Morgan fingerprint density at radius 3 is 2.44 bits per heavy atom. The molecular formula is C12H18BrNO3S. The molecule has 0 saturated carbocycles. The zero-order valence-corrected chi connectivity index (χ0v) is 13.1. The number of hydrogen-bond donors (Lipinski definition) is 1. The average Bonchev–Trinajstić information content (AvgIpc) is 2.12. The van der Waals surface area contributed by atoms with Crippen molar-refractivity contribution in [2.45, 2.75) is 25.1 Å². The second kappa shape index (κ2) is 5.59. The van der Waals surface area contributed by atoms with Crippen molar-refractivity contribution in [1.82, 2.24) is 0 Å². The number of hydrogen-bond acceptors (Lipinski definition) is 4. The number of nitrogens with two attached hydrogens (primary N) is 1. The third-order valence-corrected chi connectivity index (χ3v) is 4.77. The summed E-state index contributed by atoms with van der Waals surface area (Å²) in [6.07, 6.45) is 0. The van der Waals surface area contributed by atoms with Gasteiger partial charge in [0.05, 0.1) is 23.1 Å². The third-order valence-electron chi connectivity index (χ3n) is 2.19. The minimum Gasteiger partial charge on any atom is -0.496 e. The van der Waals surface area contributed by atoms with Gasteiger partial charge in [-0.3, -0.25) is 0 Å². The highest BCUT2D eigenvalue weighted by Gasteiger charge is 2.22. The number of sulfone groups is 1.